The number of aromatic nitrogens is 1. The number of hydrogen-bond donors (Lipinski definition) is 1. The van der Waals surface area contributed by atoms with E-state index >= 15 is 0 Å². The molecule has 0 unspecified atom stereocenters. The van der Waals surface area contributed by atoms with Crippen LogP contribution in [-0.2, 0) is 23.8 Å². The van der Waals surface area contributed by atoms with Gasteiger partial charge in [-0.25, -0.2) is 9.78 Å². The lowest BCUT2D eigenvalue weighted by Gasteiger charge is -2.25. The second-order valence-corrected chi connectivity index (χ2v) is 8.17. The topological polar surface area (TPSA) is 122 Å². The van der Waals surface area contributed by atoms with Crippen molar-refractivity contribution in [3.63, 3.8) is 0 Å². The number of hydrogen-bond acceptors (Lipinski definition) is 9. The largest absolute Gasteiger partial charge is 0.493 e. The van der Waals surface area contributed by atoms with Crippen molar-refractivity contribution < 1.29 is 51.2 Å². The van der Waals surface area contributed by atoms with Gasteiger partial charge in [-0.05, 0) is 26.2 Å². The molecule has 1 amide bonds. The Kier molecular flexibility index (Phi) is 11.2. The van der Waals surface area contributed by atoms with Crippen LogP contribution in [0.3, 0.4) is 0 Å². The van der Waals surface area contributed by atoms with E-state index in [2.05, 4.69) is 10.3 Å². The van der Waals surface area contributed by atoms with Crippen molar-refractivity contribution >= 4 is 17.8 Å². The Bertz CT molecular complexity index is 897. The van der Waals surface area contributed by atoms with Gasteiger partial charge in [-0.1, -0.05) is 12.8 Å². The monoisotopic (exact) mass is 520 g/mol. The van der Waals surface area contributed by atoms with Gasteiger partial charge in [0.15, 0.2) is 17.2 Å². The van der Waals surface area contributed by atoms with E-state index in [1.54, 1.807) is 6.92 Å². The third-order valence-corrected chi connectivity index (χ3v) is 5.35. The maximum atomic E-state index is 13.0. The van der Waals surface area contributed by atoms with Crippen LogP contribution < -0.4 is 14.8 Å². The minimum absolute atomic E-state index is 0.0733. The number of nitrogens with zero attached hydrogens (tertiary/aromatic N) is 1. The van der Waals surface area contributed by atoms with Crippen LogP contribution in [0, 0.1) is 0 Å². The van der Waals surface area contributed by atoms with E-state index in [1.165, 1.54) is 26.3 Å². The highest BCUT2D eigenvalue weighted by Crippen LogP contribution is 2.30. The van der Waals surface area contributed by atoms with Crippen molar-refractivity contribution in [1.29, 1.82) is 0 Å². The molecule has 0 spiro atoms. The van der Waals surface area contributed by atoms with E-state index < -0.39 is 55.5 Å². The first-order chi connectivity index (χ1) is 17.0. The summed E-state index contributed by atoms with van der Waals surface area (Å²) in [7, 11) is 1.36. The number of methoxy groups -OCH3 is 1. The molecule has 1 aromatic heterocycles. The van der Waals surface area contributed by atoms with Crippen LogP contribution in [0.4, 0.5) is 13.2 Å². The highest BCUT2D eigenvalue weighted by Gasteiger charge is 2.32. The van der Waals surface area contributed by atoms with Crippen LogP contribution in [-0.4, -0.2) is 67.8 Å². The summed E-state index contributed by atoms with van der Waals surface area (Å²) in [5.74, 6) is -1.93. The predicted octanol–water partition coefficient (Wildman–Crippen LogP) is 3.32. The SMILES string of the molecule is COc1ccnc(C(=O)N[C@H]2CCCC[C@@H](OCCCC(F)(F)F)[C@H](C)OC2=O)c1OCOC(C)=O. The molecule has 0 bridgehead atoms. The maximum Gasteiger partial charge on any atom is 0.389 e. The summed E-state index contributed by atoms with van der Waals surface area (Å²) in [5, 5.41) is 2.59. The summed E-state index contributed by atoms with van der Waals surface area (Å²) in [5.41, 5.74) is -0.187. The van der Waals surface area contributed by atoms with Gasteiger partial charge < -0.3 is 29.0 Å². The standard InChI is InChI=1S/C23H31F3N2O8/c1-14-17(33-12-6-10-23(24,25)26)8-5-4-7-16(22(31)36-14)28-21(30)19-20(35-13-34-15(2)29)18(32-3)9-11-27-19/h9,11,14,16-17H,4-8,10,12-13H2,1-3H3,(H,28,30)/t14-,16-,17+/m0/s1. The number of carbonyl (C=O) groups excluding carboxylic acids is 3. The van der Waals surface area contributed by atoms with Gasteiger partial charge in [0.1, 0.15) is 12.1 Å². The fourth-order valence-corrected chi connectivity index (χ4v) is 3.54. The Morgan fingerprint density at radius 2 is 1.97 bits per heavy atom. The Morgan fingerprint density at radius 1 is 1.25 bits per heavy atom. The van der Waals surface area contributed by atoms with Gasteiger partial charge >= 0.3 is 18.1 Å². The number of amides is 1. The quantitative estimate of drug-likeness (QED) is 0.281. The molecule has 0 radical (unpaired) electrons. The summed E-state index contributed by atoms with van der Waals surface area (Å²) in [6.45, 7) is 2.20. The lowest BCUT2D eigenvalue weighted by Crippen LogP contribution is -2.44. The van der Waals surface area contributed by atoms with E-state index in [0.29, 0.717) is 19.3 Å². The van der Waals surface area contributed by atoms with Crippen LogP contribution >= 0.6 is 0 Å². The van der Waals surface area contributed by atoms with Gasteiger partial charge in [0.05, 0.1) is 13.2 Å². The molecule has 10 nitrogen and oxygen atoms in total. The molecule has 1 aliphatic rings. The number of ether oxygens (including phenoxy) is 5. The lowest BCUT2D eigenvalue weighted by molar-refractivity contribution is -0.159. The molecule has 2 heterocycles. The van der Waals surface area contributed by atoms with Gasteiger partial charge in [0, 0.05) is 32.2 Å². The Morgan fingerprint density at radius 3 is 2.64 bits per heavy atom. The molecule has 3 atom stereocenters. The predicted molar refractivity (Wildman–Crippen MR) is 118 cm³/mol. The second kappa shape index (κ2) is 13.9. The number of carbonyl (C=O) groups is 3. The van der Waals surface area contributed by atoms with Crippen LogP contribution in [0.5, 0.6) is 11.5 Å². The molecule has 202 valence electrons. The number of rotatable bonds is 10. The zero-order valence-corrected chi connectivity index (χ0v) is 20.4. The minimum atomic E-state index is -4.26. The van der Waals surface area contributed by atoms with Gasteiger partial charge in [-0.15, -0.1) is 0 Å². The van der Waals surface area contributed by atoms with Crippen LogP contribution in [0.25, 0.3) is 0 Å². The maximum absolute atomic E-state index is 13.0. The van der Waals surface area contributed by atoms with Crippen LogP contribution in [0.1, 0.15) is 62.9 Å². The van der Waals surface area contributed by atoms with Crippen molar-refractivity contribution in [2.75, 3.05) is 20.5 Å². The molecule has 1 aromatic rings. The van der Waals surface area contributed by atoms with Gasteiger partial charge in [0.2, 0.25) is 6.79 Å². The molecule has 1 N–H and O–H groups in total. The van der Waals surface area contributed by atoms with Gasteiger partial charge in [-0.2, -0.15) is 13.2 Å². The fourth-order valence-electron chi connectivity index (χ4n) is 3.54. The summed E-state index contributed by atoms with van der Waals surface area (Å²) in [6.07, 6.45) is -3.44. The van der Waals surface area contributed by atoms with E-state index in [1.807, 2.05) is 0 Å². The molecule has 1 aliphatic heterocycles. The summed E-state index contributed by atoms with van der Waals surface area (Å²) in [4.78, 5) is 40.8. The first kappa shape index (κ1) is 29.1. The molecule has 0 saturated carbocycles. The molecule has 2 rings (SSSR count). The molecule has 0 aromatic carbocycles. The Hall–Kier alpha value is -3.09. The lowest BCUT2D eigenvalue weighted by atomic mass is 10.0. The number of esters is 2. The number of alkyl halides is 3. The number of nitrogens with one attached hydrogen (secondary N) is 1. The highest BCUT2D eigenvalue weighted by atomic mass is 19.4. The van der Waals surface area contributed by atoms with Crippen molar-refractivity contribution in [2.24, 2.45) is 0 Å². The Labute approximate surface area is 206 Å². The smallest absolute Gasteiger partial charge is 0.389 e. The molecule has 0 aliphatic carbocycles. The summed E-state index contributed by atoms with van der Waals surface area (Å²) >= 11 is 0. The van der Waals surface area contributed by atoms with E-state index in [0.717, 1.165) is 0 Å². The zero-order valence-electron chi connectivity index (χ0n) is 20.4. The van der Waals surface area contributed by atoms with E-state index in [-0.39, 0.29) is 36.6 Å². The van der Waals surface area contributed by atoms with Crippen LogP contribution in [0.15, 0.2) is 12.3 Å². The minimum Gasteiger partial charge on any atom is -0.493 e. The number of cyclic esters (lactones) is 1. The zero-order chi connectivity index (χ0) is 26.7. The van der Waals surface area contributed by atoms with Gasteiger partial charge in [0.25, 0.3) is 5.91 Å². The molecule has 13 heteroatoms. The van der Waals surface area contributed by atoms with Crippen LogP contribution in [0.2, 0.25) is 0 Å². The van der Waals surface area contributed by atoms with Crippen molar-refractivity contribution in [3.05, 3.63) is 18.0 Å². The molecule has 1 fully saturated rings. The first-order valence-corrected chi connectivity index (χ1v) is 11.5. The molecule has 36 heavy (non-hydrogen) atoms. The first-order valence-electron chi connectivity index (χ1n) is 11.5. The second-order valence-electron chi connectivity index (χ2n) is 8.17. The van der Waals surface area contributed by atoms with Crippen molar-refractivity contribution in [1.82, 2.24) is 10.3 Å². The normalized spacial score (nSPS) is 20.8. The summed E-state index contributed by atoms with van der Waals surface area (Å²) in [6, 6.07) is 0.447. The number of pyridine rings is 1. The fraction of sp³-hybridized carbons (Fsp3) is 0.652. The third-order valence-electron chi connectivity index (χ3n) is 5.35. The van der Waals surface area contributed by atoms with Crippen molar-refractivity contribution in [3.8, 4) is 11.5 Å². The van der Waals surface area contributed by atoms with Crippen molar-refractivity contribution in [2.45, 2.75) is 76.8 Å². The third kappa shape index (κ3) is 9.51. The highest BCUT2D eigenvalue weighted by molar-refractivity contribution is 5.98. The average Bonchev–Trinajstić information content (AvgIpc) is 2.86. The molecule has 1 saturated heterocycles. The van der Waals surface area contributed by atoms with E-state index in [4.69, 9.17) is 23.7 Å². The molecular weight excluding hydrogens is 489 g/mol. The van der Waals surface area contributed by atoms with E-state index in [9.17, 15) is 27.6 Å². The average molecular weight is 521 g/mol. The summed E-state index contributed by atoms with van der Waals surface area (Å²) < 4.78 is 63.4. The Balaban J connectivity index is 2.04. The number of halogens is 3. The molecular formula is C23H31F3N2O8. The van der Waals surface area contributed by atoms with Gasteiger partial charge in [-0.3, -0.25) is 9.59 Å².